The summed E-state index contributed by atoms with van der Waals surface area (Å²) in [5.41, 5.74) is 1.15. The predicted octanol–water partition coefficient (Wildman–Crippen LogP) is 1.12. The predicted molar refractivity (Wildman–Crippen MR) is 68.8 cm³/mol. The Kier molecular flexibility index (Phi) is 6.04. The number of carbonyl (C=O) groups is 1. The summed E-state index contributed by atoms with van der Waals surface area (Å²) in [5.74, 6) is -0.187. The lowest BCUT2D eigenvalue weighted by molar-refractivity contribution is 0.0656. The second-order valence-corrected chi connectivity index (χ2v) is 4.22. The van der Waals surface area contributed by atoms with Crippen LogP contribution in [0, 0.1) is 6.92 Å². The summed E-state index contributed by atoms with van der Waals surface area (Å²) >= 11 is 5.82. The molecule has 1 N–H and O–H groups in total. The van der Waals surface area contributed by atoms with E-state index in [0.717, 1.165) is 0 Å². The molecule has 6 heteroatoms. The molecular weight excluding hydrogens is 256 g/mol. The summed E-state index contributed by atoms with van der Waals surface area (Å²) in [6.07, 6.45) is 0. The molecule has 1 aromatic heterocycles. The molecule has 0 radical (unpaired) electrons. The molecular formula is C12H17ClN2O3. The number of hydrogen-bond acceptors (Lipinski definition) is 4. The Morgan fingerprint density at radius 1 is 1.50 bits per heavy atom. The largest absolute Gasteiger partial charge is 0.395 e. The Bertz CT molecular complexity index is 392. The van der Waals surface area contributed by atoms with Gasteiger partial charge in [0.05, 0.1) is 13.2 Å². The molecule has 0 fully saturated rings. The molecule has 0 aromatic carbocycles. The van der Waals surface area contributed by atoms with Crippen molar-refractivity contribution in [3.05, 3.63) is 28.5 Å². The Morgan fingerprint density at radius 3 is 2.78 bits per heavy atom. The average molecular weight is 273 g/mol. The van der Waals surface area contributed by atoms with E-state index in [0.29, 0.717) is 24.4 Å². The Morgan fingerprint density at radius 2 is 2.22 bits per heavy atom. The van der Waals surface area contributed by atoms with Gasteiger partial charge in [-0.1, -0.05) is 11.6 Å². The third-order valence-electron chi connectivity index (χ3n) is 2.39. The maximum atomic E-state index is 12.2. The van der Waals surface area contributed by atoms with Crippen molar-refractivity contribution in [2.75, 3.05) is 33.4 Å². The third kappa shape index (κ3) is 4.25. The smallest absolute Gasteiger partial charge is 0.254 e. The lowest BCUT2D eigenvalue weighted by Gasteiger charge is -2.21. The highest BCUT2D eigenvalue weighted by Gasteiger charge is 2.16. The van der Waals surface area contributed by atoms with E-state index >= 15 is 0 Å². The van der Waals surface area contributed by atoms with Crippen LogP contribution in [0.25, 0.3) is 0 Å². The van der Waals surface area contributed by atoms with Gasteiger partial charge in [-0.25, -0.2) is 4.98 Å². The first-order valence-corrected chi connectivity index (χ1v) is 5.99. The van der Waals surface area contributed by atoms with E-state index in [-0.39, 0.29) is 24.2 Å². The van der Waals surface area contributed by atoms with Gasteiger partial charge in [-0.2, -0.15) is 0 Å². The van der Waals surface area contributed by atoms with Crippen LogP contribution < -0.4 is 0 Å². The maximum absolute atomic E-state index is 12.2. The Labute approximate surface area is 111 Å². The summed E-state index contributed by atoms with van der Waals surface area (Å²) < 4.78 is 4.94. The van der Waals surface area contributed by atoms with Gasteiger partial charge < -0.3 is 14.7 Å². The summed E-state index contributed by atoms with van der Waals surface area (Å²) in [4.78, 5) is 17.7. The molecule has 5 nitrogen and oxygen atoms in total. The van der Waals surface area contributed by atoms with Gasteiger partial charge in [-0.05, 0) is 19.1 Å². The molecule has 18 heavy (non-hydrogen) atoms. The van der Waals surface area contributed by atoms with Crippen LogP contribution in [0.1, 0.15) is 16.1 Å². The highest BCUT2D eigenvalue weighted by molar-refractivity contribution is 6.29. The van der Waals surface area contributed by atoms with Crippen LogP contribution in [0.15, 0.2) is 12.1 Å². The lowest BCUT2D eigenvalue weighted by atomic mass is 10.2. The number of methoxy groups -OCH3 is 1. The molecule has 0 saturated carbocycles. The van der Waals surface area contributed by atoms with Crippen molar-refractivity contribution in [2.24, 2.45) is 0 Å². The summed E-state index contributed by atoms with van der Waals surface area (Å²) in [7, 11) is 1.56. The summed E-state index contributed by atoms with van der Waals surface area (Å²) in [5, 5.41) is 9.25. The topological polar surface area (TPSA) is 62.7 Å². The molecule has 1 amide bonds. The lowest BCUT2D eigenvalue weighted by Crippen LogP contribution is -2.36. The minimum Gasteiger partial charge on any atom is -0.395 e. The number of aryl methyl sites for hydroxylation is 1. The van der Waals surface area contributed by atoms with Crippen molar-refractivity contribution in [1.29, 1.82) is 0 Å². The first kappa shape index (κ1) is 14.9. The normalized spacial score (nSPS) is 10.4. The summed E-state index contributed by atoms with van der Waals surface area (Å²) in [6, 6.07) is 3.19. The van der Waals surface area contributed by atoms with Crippen LogP contribution in [0.3, 0.4) is 0 Å². The van der Waals surface area contributed by atoms with Crippen molar-refractivity contribution >= 4 is 17.5 Å². The fourth-order valence-corrected chi connectivity index (χ4v) is 1.82. The van der Waals surface area contributed by atoms with Crippen LogP contribution in [0.2, 0.25) is 5.15 Å². The zero-order valence-electron chi connectivity index (χ0n) is 10.5. The monoisotopic (exact) mass is 272 g/mol. The standard InChI is InChI=1S/C12H17ClN2O3/c1-9-7-10(8-11(13)14-9)12(17)15(3-5-16)4-6-18-2/h7-8,16H,3-6H2,1-2H3. The number of hydrogen-bond donors (Lipinski definition) is 1. The van der Waals surface area contributed by atoms with Crippen LogP contribution in [-0.2, 0) is 4.74 Å². The van der Waals surface area contributed by atoms with Crippen LogP contribution in [0.5, 0.6) is 0 Å². The van der Waals surface area contributed by atoms with Crippen molar-refractivity contribution < 1.29 is 14.6 Å². The molecule has 0 spiro atoms. The second-order valence-electron chi connectivity index (χ2n) is 3.83. The van der Waals surface area contributed by atoms with Gasteiger partial charge in [0.15, 0.2) is 0 Å². The van der Waals surface area contributed by atoms with Crippen molar-refractivity contribution in [3.8, 4) is 0 Å². The van der Waals surface area contributed by atoms with E-state index in [1.165, 1.54) is 11.0 Å². The van der Waals surface area contributed by atoms with Gasteiger partial charge in [0.25, 0.3) is 5.91 Å². The van der Waals surface area contributed by atoms with E-state index in [1.54, 1.807) is 20.1 Å². The molecule has 1 rings (SSSR count). The molecule has 0 aliphatic heterocycles. The first-order chi connectivity index (χ1) is 8.58. The van der Waals surface area contributed by atoms with Gasteiger partial charge in [0, 0.05) is 31.5 Å². The van der Waals surface area contributed by atoms with Crippen molar-refractivity contribution in [3.63, 3.8) is 0 Å². The molecule has 0 unspecified atom stereocenters. The number of carbonyl (C=O) groups excluding carboxylic acids is 1. The number of aliphatic hydroxyl groups excluding tert-OH is 1. The average Bonchev–Trinajstić information content (AvgIpc) is 2.32. The van der Waals surface area contributed by atoms with E-state index in [2.05, 4.69) is 4.98 Å². The third-order valence-corrected chi connectivity index (χ3v) is 2.59. The van der Waals surface area contributed by atoms with Crippen LogP contribution >= 0.6 is 11.6 Å². The summed E-state index contributed by atoms with van der Waals surface area (Å²) in [6.45, 7) is 2.79. The van der Waals surface area contributed by atoms with Crippen molar-refractivity contribution in [1.82, 2.24) is 9.88 Å². The number of aromatic nitrogens is 1. The molecule has 100 valence electrons. The minimum atomic E-state index is -0.187. The molecule has 0 saturated heterocycles. The fraction of sp³-hybridized carbons (Fsp3) is 0.500. The molecule has 0 atom stereocenters. The van der Waals surface area contributed by atoms with E-state index in [4.69, 9.17) is 21.4 Å². The molecule has 1 heterocycles. The Hall–Kier alpha value is -1.17. The number of ether oxygens (including phenoxy) is 1. The number of aliphatic hydroxyl groups is 1. The van der Waals surface area contributed by atoms with Crippen LogP contribution in [-0.4, -0.2) is 54.3 Å². The van der Waals surface area contributed by atoms with E-state index < -0.39 is 0 Å². The van der Waals surface area contributed by atoms with Crippen molar-refractivity contribution in [2.45, 2.75) is 6.92 Å². The molecule has 0 aliphatic carbocycles. The van der Waals surface area contributed by atoms with Gasteiger partial charge in [0.2, 0.25) is 0 Å². The zero-order chi connectivity index (χ0) is 13.5. The Balaban J connectivity index is 2.86. The minimum absolute atomic E-state index is 0.0900. The van der Waals surface area contributed by atoms with E-state index in [1.807, 2.05) is 0 Å². The first-order valence-electron chi connectivity index (χ1n) is 5.61. The van der Waals surface area contributed by atoms with Gasteiger partial charge in [-0.15, -0.1) is 0 Å². The zero-order valence-corrected chi connectivity index (χ0v) is 11.3. The molecule has 1 aromatic rings. The number of nitrogens with zero attached hydrogens (tertiary/aromatic N) is 2. The van der Waals surface area contributed by atoms with Gasteiger partial charge in [-0.3, -0.25) is 4.79 Å². The van der Waals surface area contributed by atoms with E-state index in [9.17, 15) is 4.79 Å². The van der Waals surface area contributed by atoms with Gasteiger partial charge in [0.1, 0.15) is 5.15 Å². The number of halogens is 1. The number of rotatable bonds is 6. The highest BCUT2D eigenvalue weighted by Crippen LogP contribution is 2.12. The fourth-order valence-electron chi connectivity index (χ4n) is 1.57. The molecule has 0 aliphatic rings. The SMILES string of the molecule is COCCN(CCO)C(=O)c1cc(C)nc(Cl)c1. The van der Waals surface area contributed by atoms with Crippen LogP contribution in [0.4, 0.5) is 0 Å². The number of amides is 1. The maximum Gasteiger partial charge on any atom is 0.254 e. The highest BCUT2D eigenvalue weighted by atomic mass is 35.5. The van der Waals surface area contributed by atoms with Gasteiger partial charge >= 0.3 is 0 Å². The quantitative estimate of drug-likeness (QED) is 0.789. The number of pyridine rings is 1. The second kappa shape index (κ2) is 7.31. The molecule has 0 bridgehead atoms.